The highest BCUT2D eigenvalue weighted by atomic mass is 32.1. The first-order valence-corrected chi connectivity index (χ1v) is 9.62. The molecule has 2 aromatic heterocycles. The van der Waals surface area contributed by atoms with Crippen LogP contribution >= 0.6 is 11.3 Å². The van der Waals surface area contributed by atoms with Crippen LogP contribution in [0.3, 0.4) is 0 Å². The summed E-state index contributed by atoms with van der Waals surface area (Å²) in [5.41, 5.74) is 8.89. The molecule has 1 fully saturated rings. The molecular weight excluding hydrogens is 346 g/mol. The Labute approximate surface area is 157 Å². The molecule has 2 N–H and O–H groups in total. The van der Waals surface area contributed by atoms with Gasteiger partial charge < -0.3 is 15.2 Å². The molecule has 2 aliphatic rings. The van der Waals surface area contributed by atoms with Crippen LogP contribution in [0.4, 0.5) is 0 Å². The van der Waals surface area contributed by atoms with Gasteiger partial charge in [0.15, 0.2) is 0 Å². The standard InChI is InChI=1S/C20H21N3O2S/c1-2-3-14-8-15(12-22-11-14)16-9-18(26-13-16)17-10-20(25-19(21)23-17)4-6-24-7-5-20/h8-9,11-13,17H,4-7,10H2,1H3,(H2,21,23). The van der Waals surface area contributed by atoms with Crippen molar-refractivity contribution in [3.8, 4) is 23.0 Å². The Balaban J connectivity index is 1.60. The van der Waals surface area contributed by atoms with E-state index >= 15 is 0 Å². The number of hydrogen-bond acceptors (Lipinski definition) is 6. The Morgan fingerprint density at radius 2 is 2.08 bits per heavy atom. The van der Waals surface area contributed by atoms with E-state index in [-0.39, 0.29) is 11.6 Å². The molecule has 1 unspecified atom stereocenters. The van der Waals surface area contributed by atoms with Crippen molar-refractivity contribution in [3.05, 3.63) is 40.3 Å². The van der Waals surface area contributed by atoms with Crippen LogP contribution in [-0.4, -0.2) is 29.8 Å². The zero-order chi connectivity index (χ0) is 18.0. The van der Waals surface area contributed by atoms with E-state index in [1.54, 1.807) is 17.5 Å². The minimum absolute atomic E-state index is 0.0344. The van der Waals surface area contributed by atoms with Gasteiger partial charge in [0, 0.05) is 47.7 Å². The highest BCUT2D eigenvalue weighted by Crippen LogP contribution is 2.42. The quantitative estimate of drug-likeness (QED) is 0.825. The minimum atomic E-state index is -0.239. The van der Waals surface area contributed by atoms with Crippen LogP contribution in [0.5, 0.6) is 0 Å². The molecule has 1 atom stereocenters. The van der Waals surface area contributed by atoms with Crippen molar-refractivity contribution in [2.24, 2.45) is 10.7 Å². The Morgan fingerprint density at radius 3 is 2.88 bits per heavy atom. The fraction of sp³-hybridized carbons (Fsp3) is 0.400. The molecule has 0 saturated carbocycles. The van der Waals surface area contributed by atoms with Gasteiger partial charge in [-0.2, -0.15) is 0 Å². The molecule has 26 heavy (non-hydrogen) atoms. The Bertz CT molecular complexity index is 888. The SMILES string of the molecule is CC#Cc1cncc(-c2csc(C3CC4(CCOCC4)OC(N)=N3)c2)c1. The van der Waals surface area contributed by atoms with Crippen LogP contribution in [-0.2, 0) is 9.47 Å². The average molecular weight is 367 g/mol. The summed E-state index contributed by atoms with van der Waals surface area (Å²) in [6.45, 7) is 3.26. The number of aliphatic imine (C=N–C) groups is 1. The molecule has 0 aromatic carbocycles. The lowest BCUT2D eigenvalue weighted by molar-refractivity contribution is -0.0697. The molecule has 5 nitrogen and oxygen atoms in total. The van der Waals surface area contributed by atoms with Crippen LogP contribution in [0, 0.1) is 11.8 Å². The van der Waals surface area contributed by atoms with E-state index in [4.69, 9.17) is 15.2 Å². The molecule has 1 spiro atoms. The minimum Gasteiger partial charge on any atom is -0.459 e. The van der Waals surface area contributed by atoms with Crippen molar-refractivity contribution in [2.75, 3.05) is 13.2 Å². The first-order valence-electron chi connectivity index (χ1n) is 8.74. The fourth-order valence-electron chi connectivity index (χ4n) is 3.54. The lowest BCUT2D eigenvalue weighted by Crippen LogP contribution is -2.46. The highest BCUT2D eigenvalue weighted by Gasteiger charge is 2.41. The second kappa shape index (κ2) is 7.10. The third-order valence-electron chi connectivity index (χ3n) is 4.86. The van der Waals surface area contributed by atoms with Crippen molar-refractivity contribution in [2.45, 2.75) is 37.8 Å². The maximum absolute atomic E-state index is 6.01. The van der Waals surface area contributed by atoms with E-state index in [9.17, 15) is 0 Å². The summed E-state index contributed by atoms with van der Waals surface area (Å²) >= 11 is 1.71. The first-order chi connectivity index (χ1) is 12.7. The molecule has 134 valence electrons. The maximum atomic E-state index is 6.01. The van der Waals surface area contributed by atoms with Gasteiger partial charge in [0.1, 0.15) is 5.60 Å². The number of ether oxygens (including phenoxy) is 2. The van der Waals surface area contributed by atoms with Crippen molar-refractivity contribution in [3.63, 3.8) is 0 Å². The molecule has 1 saturated heterocycles. The highest BCUT2D eigenvalue weighted by molar-refractivity contribution is 7.10. The van der Waals surface area contributed by atoms with Crippen LogP contribution in [0.2, 0.25) is 0 Å². The van der Waals surface area contributed by atoms with Crippen LogP contribution in [0.15, 0.2) is 34.9 Å². The smallest absolute Gasteiger partial charge is 0.283 e. The molecule has 4 heterocycles. The van der Waals surface area contributed by atoms with Gasteiger partial charge in [-0.15, -0.1) is 17.3 Å². The zero-order valence-corrected chi connectivity index (χ0v) is 15.5. The fourth-order valence-corrected chi connectivity index (χ4v) is 4.50. The van der Waals surface area contributed by atoms with E-state index in [1.807, 2.05) is 13.1 Å². The second-order valence-electron chi connectivity index (χ2n) is 6.66. The van der Waals surface area contributed by atoms with Crippen LogP contribution in [0.1, 0.15) is 42.7 Å². The number of pyridine rings is 1. The van der Waals surface area contributed by atoms with E-state index in [0.717, 1.165) is 36.0 Å². The number of nitrogens with zero attached hydrogens (tertiary/aromatic N) is 2. The monoisotopic (exact) mass is 367 g/mol. The molecule has 6 heteroatoms. The Morgan fingerprint density at radius 1 is 1.23 bits per heavy atom. The van der Waals surface area contributed by atoms with E-state index in [2.05, 4.69) is 39.3 Å². The van der Waals surface area contributed by atoms with E-state index in [1.165, 1.54) is 4.88 Å². The third-order valence-corrected chi connectivity index (χ3v) is 5.90. The number of thiophene rings is 1. The topological polar surface area (TPSA) is 69.7 Å². The molecule has 4 rings (SSSR count). The lowest BCUT2D eigenvalue weighted by Gasteiger charge is -2.41. The first kappa shape index (κ1) is 17.1. The summed E-state index contributed by atoms with van der Waals surface area (Å²) in [5.74, 6) is 5.97. The molecule has 2 aromatic rings. The molecule has 0 radical (unpaired) electrons. The van der Waals surface area contributed by atoms with Gasteiger partial charge in [-0.1, -0.05) is 5.92 Å². The van der Waals surface area contributed by atoms with Gasteiger partial charge in [-0.3, -0.25) is 4.98 Å². The Hall–Kier alpha value is -2.36. The van der Waals surface area contributed by atoms with Crippen LogP contribution < -0.4 is 5.73 Å². The summed E-state index contributed by atoms with van der Waals surface area (Å²) in [7, 11) is 0. The van der Waals surface area contributed by atoms with Gasteiger partial charge in [-0.25, -0.2) is 4.99 Å². The van der Waals surface area contributed by atoms with Gasteiger partial charge in [-0.05, 0) is 30.0 Å². The number of nitrogens with two attached hydrogens (primary N) is 1. The zero-order valence-electron chi connectivity index (χ0n) is 14.7. The lowest BCUT2D eigenvalue weighted by atomic mass is 9.86. The number of hydrogen-bond donors (Lipinski definition) is 1. The van der Waals surface area contributed by atoms with Gasteiger partial charge in [0.2, 0.25) is 0 Å². The van der Waals surface area contributed by atoms with Crippen molar-refractivity contribution < 1.29 is 9.47 Å². The summed E-state index contributed by atoms with van der Waals surface area (Å²) in [5, 5.41) is 2.15. The van der Waals surface area contributed by atoms with E-state index in [0.29, 0.717) is 19.2 Å². The molecule has 2 aliphatic heterocycles. The predicted octanol–water partition coefficient (Wildman–Crippen LogP) is 3.51. The number of amidine groups is 1. The van der Waals surface area contributed by atoms with Crippen molar-refractivity contribution >= 4 is 17.4 Å². The maximum Gasteiger partial charge on any atom is 0.283 e. The van der Waals surface area contributed by atoms with Gasteiger partial charge >= 0.3 is 0 Å². The largest absolute Gasteiger partial charge is 0.459 e. The van der Waals surface area contributed by atoms with Crippen LogP contribution in [0.25, 0.3) is 11.1 Å². The second-order valence-corrected chi connectivity index (χ2v) is 7.60. The van der Waals surface area contributed by atoms with E-state index < -0.39 is 0 Å². The molecule has 0 aliphatic carbocycles. The summed E-state index contributed by atoms with van der Waals surface area (Å²) in [4.78, 5) is 10.1. The van der Waals surface area contributed by atoms with Crippen molar-refractivity contribution in [1.29, 1.82) is 0 Å². The summed E-state index contributed by atoms with van der Waals surface area (Å²) in [6.07, 6.45) is 6.22. The average Bonchev–Trinajstić information content (AvgIpc) is 3.12. The Kier molecular flexibility index (Phi) is 4.66. The van der Waals surface area contributed by atoms with Gasteiger partial charge in [0.05, 0.1) is 19.3 Å². The van der Waals surface area contributed by atoms with Crippen molar-refractivity contribution in [1.82, 2.24) is 4.98 Å². The number of rotatable bonds is 2. The third kappa shape index (κ3) is 3.46. The number of aromatic nitrogens is 1. The molecular formula is C20H21N3O2S. The summed E-state index contributed by atoms with van der Waals surface area (Å²) in [6, 6.07) is 4.58. The van der Waals surface area contributed by atoms with Gasteiger partial charge in [0.25, 0.3) is 6.02 Å². The predicted molar refractivity (Wildman–Crippen MR) is 103 cm³/mol. The molecule has 0 bridgehead atoms. The molecule has 0 amide bonds. The normalized spacial score (nSPS) is 21.4. The summed E-state index contributed by atoms with van der Waals surface area (Å²) < 4.78 is 11.4.